The Kier molecular flexibility index (Phi) is 8.77. The number of alkyl halides is 3. The number of thiophene rings is 2. The number of nitrogens with zero attached hydrogens (tertiary/aromatic N) is 2. The van der Waals surface area contributed by atoms with Gasteiger partial charge in [0.2, 0.25) is 0 Å². The van der Waals surface area contributed by atoms with Crippen LogP contribution in [0.4, 0.5) is 13.2 Å². The molecule has 3 N–H and O–H groups in total. The number of aryl methyl sites for hydroxylation is 1. The second kappa shape index (κ2) is 12.2. The fourth-order valence-electron chi connectivity index (χ4n) is 3.59. The lowest BCUT2D eigenvalue weighted by atomic mass is 10.1. The lowest BCUT2D eigenvalue weighted by Crippen LogP contribution is -2.24. The van der Waals surface area contributed by atoms with Crippen LogP contribution >= 0.6 is 22.7 Å². The predicted molar refractivity (Wildman–Crippen MR) is 145 cm³/mol. The number of carbonyl (C=O) groups excluding carboxylic acids is 2. The Labute approximate surface area is 230 Å². The fraction of sp³-hybridized carbons (Fsp3) is 0.185. The van der Waals surface area contributed by atoms with Crippen molar-refractivity contribution in [3.05, 3.63) is 92.7 Å². The molecule has 3 heterocycles. The van der Waals surface area contributed by atoms with E-state index in [1.807, 2.05) is 12.1 Å². The van der Waals surface area contributed by atoms with Gasteiger partial charge >= 0.3 is 6.18 Å². The number of rotatable bonds is 9. The summed E-state index contributed by atoms with van der Waals surface area (Å²) >= 11 is 2.17. The van der Waals surface area contributed by atoms with Crippen LogP contribution in [0, 0.1) is 0 Å². The number of nitrogens with one attached hydrogen (secondary N) is 2. The van der Waals surface area contributed by atoms with Gasteiger partial charge in [-0.3, -0.25) is 14.6 Å². The van der Waals surface area contributed by atoms with Gasteiger partial charge in [0, 0.05) is 24.3 Å². The Morgan fingerprint density at radius 3 is 2.33 bits per heavy atom. The van der Waals surface area contributed by atoms with Gasteiger partial charge in [0.15, 0.2) is 0 Å². The van der Waals surface area contributed by atoms with Gasteiger partial charge in [-0.25, -0.2) is 5.43 Å². The van der Waals surface area contributed by atoms with Crippen molar-refractivity contribution in [2.24, 2.45) is 5.10 Å². The first-order valence-electron chi connectivity index (χ1n) is 11.7. The van der Waals surface area contributed by atoms with E-state index >= 15 is 0 Å². The maximum Gasteiger partial charge on any atom is 0.416 e. The van der Waals surface area contributed by atoms with E-state index in [-0.39, 0.29) is 16.5 Å². The summed E-state index contributed by atoms with van der Waals surface area (Å²) in [6.07, 6.45) is 0.571. The second-order valence-electron chi connectivity index (χ2n) is 8.42. The van der Waals surface area contributed by atoms with E-state index in [4.69, 9.17) is 0 Å². The summed E-state index contributed by atoms with van der Waals surface area (Å²) in [5.41, 5.74) is 3.84. The average molecular weight is 573 g/mol. The number of aromatic nitrogens is 1. The SMILES string of the molecule is C/C(=N\NC(=O)c1ccc(C(=O)NCCCc2ccncc2)s1)c1csc(-c2ccc(C(F)(F)F)cc2)c1O. The van der Waals surface area contributed by atoms with E-state index in [1.165, 1.54) is 18.2 Å². The largest absolute Gasteiger partial charge is 0.506 e. The first-order valence-corrected chi connectivity index (χ1v) is 13.4. The summed E-state index contributed by atoms with van der Waals surface area (Å²) in [5, 5.41) is 19.1. The van der Waals surface area contributed by atoms with Gasteiger partial charge in [-0.2, -0.15) is 18.3 Å². The summed E-state index contributed by atoms with van der Waals surface area (Å²) in [6.45, 7) is 2.07. The predicted octanol–water partition coefficient (Wildman–Crippen LogP) is 6.11. The van der Waals surface area contributed by atoms with E-state index in [1.54, 1.807) is 30.8 Å². The normalized spacial score (nSPS) is 11.8. The Morgan fingerprint density at radius 2 is 1.67 bits per heavy atom. The molecule has 202 valence electrons. The summed E-state index contributed by atoms with van der Waals surface area (Å²) in [4.78, 5) is 30.0. The van der Waals surface area contributed by atoms with Gasteiger partial charge in [0.1, 0.15) is 5.75 Å². The molecule has 2 amide bonds. The van der Waals surface area contributed by atoms with Crippen LogP contribution in [-0.4, -0.2) is 34.2 Å². The van der Waals surface area contributed by atoms with E-state index in [9.17, 15) is 27.9 Å². The van der Waals surface area contributed by atoms with Gasteiger partial charge in [0.25, 0.3) is 11.8 Å². The van der Waals surface area contributed by atoms with Crippen LogP contribution in [0.5, 0.6) is 5.75 Å². The topological polar surface area (TPSA) is 104 Å². The number of amides is 2. The van der Waals surface area contributed by atoms with Crippen molar-refractivity contribution in [2.45, 2.75) is 25.9 Å². The highest BCUT2D eigenvalue weighted by molar-refractivity contribution is 7.16. The number of aromatic hydroxyl groups is 1. The quantitative estimate of drug-likeness (QED) is 0.128. The molecule has 3 aromatic heterocycles. The first kappa shape index (κ1) is 28.0. The lowest BCUT2D eigenvalue weighted by molar-refractivity contribution is -0.137. The van der Waals surface area contributed by atoms with Crippen LogP contribution < -0.4 is 10.7 Å². The molecule has 0 aliphatic carbocycles. The maximum atomic E-state index is 12.8. The standard InChI is InChI=1S/C27H23F3N4O3S2/c1-16(20-15-38-24(23(20)35)18-4-6-19(7-5-18)27(28,29)30)33-34-26(37)22-9-8-21(39-22)25(36)32-12-2-3-17-10-13-31-14-11-17/h4-11,13-15,35H,2-3,12H2,1H3,(H,32,36)(H,34,37)/b33-16+. The van der Waals surface area contributed by atoms with E-state index in [2.05, 4.69) is 20.8 Å². The minimum atomic E-state index is -4.45. The van der Waals surface area contributed by atoms with Crippen molar-refractivity contribution in [3.63, 3.8) is 0 Å². The number of benzene rings is 1. The lowest BCUT2D eigenvalue weighted by Gasteiger charge is -2.07. The minimum absolute atomic E-state index is 0.144. The number of hydrogen-bond acceptors (Lipinski definition) is 7. The number of carbonyl (C=O) groups is 2. The zero-order valence-corrected chi connectivity index (χ0v) is 22.2. The maximum absolute atomic E-state index is 12.8. The molecule has 0 saturated heterocycles. The average Bonchev–Trinajstić information content (AvgIpc) is 3.57. The summed E-state index contributed by atoms with van der Waals surface area (Å²) in [6, 6.07) is 11.4. The molecule has 0 aliphatic rings. The summed E-state index contributed by atoms with van der Waals surface area (Å²) in [5.74, 6) is -0.935. The van der Waals surface area contributed by atoms with Gasteiger partial charge in [-0.1, -0.05) is 12.1 Å². The number of halogens is 3. The van der Waals surface area contributed by atoms with Crippen molar-refractivity contribution in [3.8, 4) is 16.2 Å². The molecule has 0 unspecified atom stereocenters. The molecular weight excluding hydrogens is 549 g/mol. The van der Waals surface area contributed by atoms with Gasteiger partial charge in [-0.15, -0.1) is 22.7 Å². The summed E-state index contributed by atoms with van der Waals surface area (Å²) < 4.78 is 38.5. The third-order valence-electron chi connectivity index (χ3n) is 5.68. The molecule has 39 heavy (non-hydrogen) atoms. The third kappa shape index (κ3) is 7.09. The van der Waals surface area contributed by atoms with Gasteiger partial charge < -0.3 is 10.4 Å². The van der Waals surface area contributed by atoms with E-state index in [0.717, 1.165) is 53.2 Å². The second-order valence-corrected chi connectivity index (χ2v) is 10.4. The number of hydrazone groups is 1. The molecule has 4 aromatic rings. The third-order valence-corrected chi connectivity index (χ3v) is 7.79. The number of pyridine rings is 1. The molecule has 0 atom stereocenters. The monoisotopic (exact) mass is 572 g/mol. The molecule has 12 heteroatoms. The zero-order chi connectivity index (χ0) is 28.0. The molecule has 0 bridgehead atoms. The van der Waals surface area contributed by atoms with Crippen molar-refractivity contribution in [1.29, 1.82) is 0 Å². The molecule has 0 radical (unpaired) electrons. The van der Waals surface area contributed by atoms with Crippen molar-refractivity contribution >= 4 is 40.2 Å². The number of hydrogen-bond donors (Lipinski definition) is 3. The van der Waals surface area contributed by atoms with E-state index in [0.29, 0.717) is 33.1 Å². The molecule has 0 saturated carbocycles. The molecule has 0 spiro atoms. The highest BCUT2D eigenvalue weighted by Crippen LogP contribution is 2.40. The van der Waals surface area contributed by atoms with Crippen LogP contribution in [0.15, 0.2) is 71.4 Å². The fourth-order valence-corrected chi connectivity index (χ4v) is 5.41. The Bertz CT molecular complexity index is 1480. The molecule has 7 nitrogen and oxygen atoms in total. The highest BCUT2D eigenvalue weighted by Gasteiger charge is 2.30. The smallest absolute Gasteiger partial charge is 0.416 e. The van der Waals surface area contributed by atoms with Crippen molar-refractivity contribution in [1.82, 2.24) is 15.7 Å². The molecule has 4 rings (SSSR count). The van der Waals surface area contributed by atoms with Crippen LogP contribution in [0.2, 0.25) is 0 Å². The van der Waals surface area contributed by atoms with E-state index < -0.39 is 17.6 Å². The van der Waals surface area contributed by atoms with Crippen LogP contribution in [0.1, 0.15) is 49.4 Å². The minimum Gasteiger partial charge on any atom is -0.506 e. The van der Waals surface area contributed by atoms with Crippen molar-refractivity contribution in [2.75, 3.05) is 6.54 Å². The molecule has 0 fully saturated rings. The Balaban J connectivity index is 1.32. The highest BCUT2D eigenvalue weighted by atomic mass is 32.1. The van der Waals surface area contributed by atoms with Gasteiger partial charge in [0.05, 0.1) is 31.5 Å². The Hall–Kier alpha value is -4.03. The molecule has 1 aromatic carbocycles. The van der Waals surface area contributed by atoms with Crippen LogP contribution in [0.25, 0.3) is 10.4 Å². The Morgan fingerprint density at radius 1 is 1.00 bits per heavy atom. The molecule has 0 aliphatic heterocycles. The van der Waals surface area contributed by atoms with Crippen molar-refractivity contribution < 1.29 is 27.9 Å². The van der Waals surface area contributed by atoms with Gasteiger partial charge in [-0.05, 0) is 67.3 Å². The van der Waals surface area contributed by atoms with Crippen LogP contribution in [-0.2, 0) is 12.6 Å². The van der Waals surface area contributed by atoms with Crippen LogP contribution in [0.3, 0.4) is 0 Å². The summed E-state index contributed by atoms with van der Waals surface area (Å²) in [7, 11) is 0. The zero-order valence-electron chi connectivity index (χ0n) is 20.6. The first-order chi connectivity index (χ1) is 18.6. The molecular formula is C27H23F3N4O3S2.